The summed E-state index contributed by atoms with van der Waals surface area (Å²) in [6, 6.07) is 0.550. The Kier molecular flexibility index (Phi) is 9.03. The molecule has 0 radical (unpaired) electrons. The summed E-state index contributed by atoms with van der Waals surface area (Å²) in [4.78, 5) is 14.1. The lowest BCUT2D eigenvalue weighted by Crippen LogP contribution is -2.35. The zero-order chi connectivity index (χ0) is 22.4. The number of rotatable bonds is 9. The summed E-state index contributed by atoms with van der Waals surface area (Å²) >= 11 is 0. The molecule has 2 atom stereocenters. The molecule has 1 rings (SSSR count). The molecule has 0 aliphatic carbocycles. The highest BCUT2D eigenvalue weighted by Crippen LogP contribution is 2.38. The second-order valence-electron chi connectivity index (χ2n) is 7.42. The summed E-state index contributed by atoms with van der Waals surface area (Å²) in [5.74, 6) is -0.560. The van der Waals surface area contributed by atoms with Crippen molar-refractivity contribution < 1.29 is 31.1 Å². The minimum atomic E-state index is -4.91. The summed E-state index contributed by atoms with van der Waals surface area (Å²) in [6.07, 6.45) is -4.64. The number of hydrogen-bond acceptors (Lipinski definition) is 1. The van der Waals surface area contributed by atoms with Gasteiger partial charge < -0.3 is 4.90 Å². The van der Waals surface area contributed by atoms with Crippen LogP contribution in [0.25, 0.3) is 0 Å². The lowest BCUT2D eigenvalue weighted by molar-refractivity contribution is -0.143. The summed E-state index contributed by atoms with van der Waals surface area (Å²) < 4.78 is 78.6. The minimum Gasteiger partial charge on any atom is -0.339 e. The van der Waals surface area contributed by atoms with E-state index in [0.717, 1.165) is 25.7 Å². The molecule has 0 aliphatic rings. The molecular formula is C21H29F6NO. The fourth-order valence-corrected chi connectivity index (χ4v) is 3.24. The predicted octanol–water partition coefficient (Wildman–Crippen LogP) is 7.24. The molecule has 0 spiro atoms. The molecule has 1 aromatic carbocycles. The van der Waals surface area contributed by atoms with Crippen molar-refractivity contribution in [2.24, 2.45) is 5.92 Å². The van der Waals surface area contributed by atoms with Crippen LogP contribution in [0.3, 0.4) is 0 Å². The number of halogens is 6. The minimum absolute atomic E-state index is 0.0978. The molecule has 0 saturated carbocycles. The highest BCUT2D eigenvalue weighted by atomic mass is 19.4. The van der Waals surface area contributed by atoms with Crippen LogP contribution in [0.15, 0.2) is 18.2 Å². The van der Waals surface area contributed by atoms with E-state index in [-0.39, 0.29) is 23.5 Å². The van der Waals surface area contributed by atoms with Gasteiger partial charge in [0.25, 0.3) is 0 Å². The van der Waals surface area contributed by atoms with Gasteiger partial charge in [0, 0.05) is 13.0 Å². The molecule has 0 bridgehead atoms. The molecule has 2 unspecified atom stereocenters. The Morgan fingerprint density at radius 3 is 1.86 bits per heavy atom. The van der Waals surface area contributed by atoms with Crippen LogP contribution in [0.2, 0.25) is 0 Å². The molecule has 0 saturated heterocycles. The molecule has 1 amide bonds. The molecule has 0 N–H and O–H groups in total. The quantitative estimate of drug-likeness (QED) is 0.302. The highest BCUT2D eigenvalue weighted by molar-refractivity contribution is 5.79. The van der Waals surface area contributed by atoms with Crippen LogP contribution in [0.5, 0.6) is 0 Å². The van der Waals surface area contributed by atoms with E-state index in [9.17, 15) is 31.1 Å². The first kappa shape index (κ1) is 25.3. The van der Waals surface area contributed by atoms with E-state index in [1.165, 1.54) is 18.9 Å². The van der Waals surface area contributed by atoms with Gasteiger partial charge in [-0.2, -0.15) is 26.3 Å². The Morgan fingerprint density at radius 2 is 1.45 bits per heavy atom. The van der Waals surface area contributed by atoms with Gasteiger partial charge in [0.1, 0.15) is 0 Å². The predicted molar refractivity (Wildman–Crippen MR) is 100 cm³/mol. The normalized spacial score (nSPS) is 14.6. The van der Waals surface area contributed by atoms with Gasteiger partial charge in [-0.1, -0.05) is 39.5 Å². The maximum absolute atomic E-state index is 13.1. The van der Waals surface area contributed by atoms with Gasteiger partial charge in [0.2, 0.25) is 5.91 Å². The van der Waals surface area contributed by atoms with Gasteiger partial charge in [0.05, 0.1) is 17.2 Å². The summed E-state index contributed by atoms with van der Waals surface area (Å²) in [6.45, 7) is 5.37. The number of benzene rings is 1. The number of carbonyl (C=O) groups excluding carboxylic acids is 1. The van der Waals surface area contributed by atoms with Crippen molar-refractivity contribution in [3.63, 3.8) is 0 Å². The van der Waals surface area contributed by atoms with Gasteiger partial charge in [-0.15, -0.1) is 0 Å². The van der Waals surface area contributed by atoms with E-state index >= 15 is 0 Å². The van der Waals surface area contributed by atoms with Crippen LogP contribution in [0.1, 0.15) is 82.0 Å². The maximum Gasteiger partial charge on any atom is 0.416 e. The largest absolute Gasteiger partial charge is 0.416 e. The van der Waals surface area contributed by atoms with Gasteiger partial charge in [0.15, 0.2) is 0 Å². The first-order valence-electron chi connectivity index (χ1n) is 9.88. The van der Waals surface area contributed by atoms with E-state index in [1.54, 1.807) is 0 Å². The van der Waals surface area contributed by atoms with Gasteiger partial charge in [-0.05, 0) is 43.5 Å². The molecule has 0 aromatic heterocycles. The Labute approximate surface area is 168 Å². The van der Waals surface area contributed by atoms with Gasteiger partial charge in [-0.3, -0.25) is 4.79 Å². The van der Waals surface area contributed by atoms with Crippen molar-refractivity contribution in [1.29, 1.82) is 0 Å². The van der Waals surface area contributed by atoms with E-state index in [2.05, 4.69) is 6.92 Å². The first-order valence-corrected chi connectivity index (χ1v) is 9.88. The van der Waals surface area contributed by atoms with Crippen molar-refractivity contribution in [3.8, 4) is 0 Å². The average molecular weight is 425 g/mol. The molecule has 0 fully saturated rings. The van der Waals surface area contributed by atoms with Crippen molar-refractivity contribution in [1.82, 2.24) is 4.90 Å². The average Bonchev–Trinajstić information content (AvgIpc) is 2.64. The van der Waals surface area contributed by atoms with Crippen LogP contribution in [-0.4, -0.2) is 17.9 Å². The van der Waals surface area contributed by atoms with Crippen molar-refractivity contribution >= 4 is 5.91 Å². The summed E-state index contributed by atoms with van der Waals surface area (Å²) in [5.41, 5.74) is -2.94. The molecule has 29 heavy (non-hydrogen) atoms. The second-order valence-corrected chi connectivity index (χ2v) is 7.42. The number of amides is 1. The maximum atomic E-state index is 13.1. The third kappa shape index (κ3) is 7.23. The summed E-state index contributed by atoms with van der Waals surface area (Å²) in [5, 5.41) is 0. The fourth-order valence-electron chi connectivity index (χ4n) is 3.24. The standard InChI is InChI=1S/C21H29F6NO/c1-5-7-8-9-10-15(6-2)19(29)28(4)14(3)16-11-17(20(22,23)24)13-18(12-16)21(25,26)27/h11-15H,5-10H2,1-4H3. The van der Waals surface area contributed by atoms with Gasteiger partial charge in [-0.25, -0.2) is 0 Å². The van der Waals surface area contributed by atoms with Crippen LogP contribution in [-0.2, 0) is 17.1 Å². The van der Waals surface area contributed by atoms with E-state index in [4.69, 9.17) is 0 Å². The third-order valence-corrected chi connectivity index (χ3v) is 5.27. The number of nitrogens with zero attached hydrogens (tertiary/aromatic N) is 1. The topological polar surface area (TPSA) is 20.3 Å². The first-order chi connectivity index (χ1) is 13.3. The summed E-state index contributed by atoms with van der Waals surface area (Å²) in [7, 11) is 1.43. The van der Waals surface area contributed by atoms with E-state index in [0.29, 0.717) is 25.0 Å². The van der Waals surface area contributed by atoms with Crippen LogP contribution < -0.4 is 0 Å². The van der Waals surface area contributed by atoms with E-state index < -0.39 is 29.5 Å². The molecule has 0 heterocycles. The molecule has 8 heteroatoms. The van der Waals surface area contributed by atoms with Gasteiger partial charge >= 0.3 is 12.4 Å². The van der Waals surface area contributed by atoms with Crippen molar-refractivity contribution in [3.05, 3.63) is 34.9 Å². The molecule has 0 aliphatic heterocycles. The third-order valence-electron chi connectivity index (χ3n) is 5.27. The monoisotopic (exact) mass is 425 g/mol. The van der Waals surface area contributed by atoms with E-state index in [1.807, 2.05) is 6.92 Å². The molecule has 166 valence electrons. The zero-order valence-electron chi connectivity index (χ0n) is 17.3. The lowest BCUT2D eigenvalue weighted by atomic mass is 9.94. The fraction of sp³-hybridized carbons (Fsp3) is 0.667. The SMILES string of the molecule is CCCCCCC(CC)C(=O)N(C)C(C)c1cc(C(F)(F)F)cc(C(F)(F)F)c1. The zero-order valence-corrected chi connectivity index (χ0v) is 17.3. The van der Waals surface area contributed by atoms with Crippen LogP contribution in [0.4, 0.5) is 26.3 Å². The Morgan fingerprint density at radius 1 is 0.931 bits per heavy atom. The van der Waals surface area contributed by atoms with Crippen molar-refractivity contribution in [2.75, 3.05) is 7.05 Å². The molecule has 1 aromatic rings. The Hall–Kier alpha value is -1.73. The second kappa shape index (κ2) is 10.3. The lowest BCUT2D eigenvalue weighted by Gasteiger charge is -2.30. The molecular weight excluding hydrogens is 396 g/mol. The Bertz CT molecular complexity index is 636. The van der Waals surface area contributed by atoms with Crippen LogP contribution >= 0.6 is 0 Å². The Balaban J connectivity index is 3.11. The smallest absolute Gasteiger partial charge is 0.339 e. The number of carbonyl (C=O) groups is 1. The number of hydrogen-bond donors (Lipinski definition) is 0. The number of alkyl halides is 6. The van der Waals surface area contributed by atoms with Crippen molar-refractivity contribution in [2.45, 2.75) is 77.7 Å². The highest BCUT2D eigenvalue weighted by Gasteiger charge is 2.38. The van der Waals surface area contributed by atoms with Crippen LogP contribution in [0, 0.1) is 5.92 Å². The molecule has 2 nitrogen and oxygen atoms in total. The number of unbranched alkanes of at least 4 members (excludes halogenated alkanes) is 3.